The van der Waals surface area contributed by atoms with Gasteiger partial charge in [-0.1, -0.05) is 6.07 Å². The molecule has 1 aromatic carbocycles. The average Bonchev–Trinajstić information content (AvgIpc) is 3.40. The minimum atomic E-state index is -4.49. The van der Waals surface area contributed by atoms with E-state index in [1.54, 1.807) is 36.7 Å². The van der Waals surface area contributed by atoms with Crippen LogP contribution in [0.2, 0.25) is 0 Å². The molecule has 1 aliphatic carbocycles. The quantitative estimate of drug-likeness (QED) is 0.664. The number of hydrogen-bond donors (Lipinski definition) is 0. The van der Waals surface area contributed by atoms with E-state index in [0.717, 1.165) is 29.2 Å². The second-order valence-corrected chi connectivity index (χ2v) is 6.72. The van der Waals surface area contributed by atoms with E-state index in [9.17, 15) is 18.0 Å². The van der Waals surface area contributed by atoms with Gasteiger partial charge in [0.1, 0.15) is 0 Å². The standard InChI is InChI=1S/C20H17F3N4O/c21-20(22,23)18-9-11-27(25-18)17-5-3-15(4-6-17)19(28)26(16-7-8-16)13-14-2-1-10-24-12-14/h1-6,9-12,16H,7-8,13H2. The first-order chi connectivity index (χ1) is 13.4. The molecule has 28 heavy (non-hydrogen) atoms. The Hall–Kier alpha value is -3.16. The Morgan fingerprint density at radius 2 is 1.89 bits per heavy atom. The highest BCUT2D eigenvalue weighted by Gasteiger charge is 2.34. The predicted octanol–water partition coefficient (Wildman–Crippen LogP) is 4.09. The van der Waals surface area contributed by atoms with Crippen molar-refractivity contribution in [2.45, 2.75) is 31.6 Å². The number of alkyl halides is 3. The van der Waals surface area contributed by atoms with E-state index in [4.69, 9.17) is 0 Å². The van der Waals surface area contributed by atoms with Gasteiger partial charge >= 0.3 is 6.18 Å². The zero-order valence-electron chi connectivity index (χ0n) is 14.8. The number of carbonyl (C=O) groups excluding carboxylic acids is 1. The van der Waals surface area contributed by atoms with Gasteiger partial charge in [0.25, 0.3) is 5.91 Å². The van der Waals surface area contributed by atoms with Gasteiger partial charge in [-0.3, -0.25) is 9.78 Å². The largest absolute Gasteiger partial charge is 0.435 e. The number of benzene rings is 1. The molecule has 1 aliphatic rings. The minimum absolute atomic E-state index is 0.102. The second-order valence-electron chi connectivity index (χ2n) is 6.72. The molecule has 0 radical (unpaired) electrons. The maximum atomic E-state index is 12.9. The van der Waals surface area contributed by atoms with Crippen LogP contribution in [0, 0.1) is 0 Å². The van der Waals surface area contributed by atoms with Gasteiger partial charge in [0.05, 0.1) is 5.69 Å². The lowest BCUT2D eigenvalue weighted by molar-refractivity contribution is -0.141. The maximum Gasteiger partial charge on any atom is 0.435 e. The highest BCUT2D eigenvalue weighted by Crippen LogP contribution is 2.30. The molecule has 1 saturated carbocycles. The van der Waals surface area contributed by atoms with Crippen LogP contribution in [-0.4, -0.2) is 31.6 Å². The molecule has 2 aromatic heterocycles. The van der Waals surface area contributed by atoms with E-state index in [1.807, 2.05) is 17.0 Å². The van der Waals surface area contributed by atoms with Gasteiger partial charge in [-0.15, -0.1) is 0 Å². The molecule has 0 aliphatic heterocycles. The molecule has 1 fully saturated rings. The topological polar surface area (TPSA) is 51.0 Å². The molecule has 5 nitrogen and oxygen atoms in total. The molecular formula is C20H17F3N4O. The first-order valence-corrected chi connectivity index (χ1v) is 8.85. The third-order valence-electron chi connectivity index (χ3n) is 4.58. The summed E-state index contributed by atoms with van der Waals surface area (Å²) in [6, 6.07) is 11.3. The molecule has 0 N–H and O–H groups in total. The molecule has 144 valence electrons. The third kappa shape index (κ3) is 3.90. The Kier molecular flexibility index (Phi) is 4.62. The number of pyridine rings is 1. The van der Waals surface area contributed by atoms with E-state index in [0.29, 0.717) is 17.8 Å². The molecule has 0 saturated heterocycles. The number of amides is 1. The van der Waals surface area contributed by atoms with Crippen molar-refractivity contribution in [1.29, 1.82) is 0 Å². The van der Waals surface area contributed by atoms with Gasteiger partial charge in [-0.25, -0.2) is 4.68 Å². The summed E-state index contributed by atoms with van der Waals surface area (Å²) in [5.74, 6) is -0.102. The molecule has 8 heteroatoms. The number of aromatic nitrogens is 3. The number of halogens is 3. The van der Waals surface area contributed by atoms with Gasteiger partial charge in [-0.05, 0) is 54.8 Å². The monoisotopic (exact) mass is 386 g/mol. The van der Waals surface area contributed by atoms with Crippen LogP contribution in [0.15, 0.2) is 61.1 Å². The number of rotatable bonds is 5. The Morgan fingerprint density at radius 3 is 2.46 bits per heavy atom. The lowest BCUT2D eigenvalue weighted by Crippen LogP contribution is -2.32. The number of nitrogens with zero attached hydrogens (tertiary/aromatic N) is 4. The van der Waals surface area contributed by atoms with Gasteiger partial charge in [0.15, 0.2) is 5.69 Å². The molecule has 2 heterocycles. The van der Waals surface area contributed by atoms with Crippen LogP contribution in [0.3, 0.4) is 0 Å². The summed E-state index contributed by atoms with van der Waals surface area (Å²) in [5, 5.41) is 3.54. The summed E-state index contributed by atoms with van der Waals surface area (Å²) in [5.41, 5.74) is 0.944. The number of carbonyl (C=O) groups is 1. The third-order valence-corrected chi connectivity index (χ3v) is 4.58. The zero-order chi connectivity index (χ0) is 19.7. The SMILES string of the molecule is O=C(c1ccc(-n2ccc(C(F)(F)F)n2)cc1)N(Cc1cccnc1)C1CC1. The highest BCUT2D eigenvalue weighted by molar-refractivity contribution is 5.94. The van der Waals surface area contributed by atoms with E-state index in [2.05, 4.69) is 10.1 Å². The van der Waals surface area contributed by atoms with Crippen LogP contribution < -0.4 is 0 Å². The molecule has 4 rings (SSSR count). The molecular weight excluding hydrogens is 369 g/mol. The molecule has 3 aromatic rings. The van der Waals surface area contributed by atoms with Crippen LogP contribution in [0.1, 0.15) is 34.5 Å². The van der Waals surface area contributed by atoms with Crippen LogP contribution in [0.25, 0.3) is 5.69 Å². The molecule has 0 atom stereocenters. The molecule has 0 unspecified atom stereocenters. The summed E-state index contributed by atoms with van der Waals surface area (Å²) in [7, 11) is 0. The first kappa shape index (κ1) is 18.2. The first-order valence-electron chi connectivity index (χ1n) is 8.85. The van der Waals surface area contributed by atoms with E-state index in [1.165, 1.54) is 6.20 Å². The summed E-state index contributed by atoms with van der Waals surface area (Å²) < 4.78 is 39.3. The Bertz CT molecular complexity index is 963. The van der Waals surface area contributed by atoms with Gasteiger partial charge in [0, 0.05) is 36.7 Å². The van der Waals surface area contributed by atoms with Crippen molar-refractivity contribution >= 4 is 5.91 Å². The maximum absolute atomic E-state index is 12.9. The van der Waals surface area contributed by atoms with Crippen molar-refractivity contribution in [2.24, 2.45) is 0 Å². The van der Waals surface area contributed by atoms with E-state index < -0.39 is 11.9 Å². The normalized spacial score (nSPS) is 14.1. The fraction of sp³-hybridized carbons (Fsp3) is 0.250. The lowest BCUT2D eigenvalue weighted by Gasteiger charge is -2.22. The lowest BCUT2D eigenvalue weighted by atomic mass is 10.1. The Balaban J connectivity index is 1.52. The van der Waals surface area contributed by atoms with Crippen LogP contribution in [-0.2, 0) is 12.7 Å². The van der Waals surface area contributed by atoms with Gasteiger partial charge < -0.3 is 4.90 Å². The van der Waals surface area contributed by atoms with Crippen molar-refractivity contribution in [3.05, 3.63) is 77.9 Å². The minimum Gasteiger partial charge on any atom is -0.331 e. The van der Waals surface area contributed by atoms with Crippen LogP contribution in [0.4, 0.5) is 13.2 Å². The predicted molar refractivity (Wildman–Crippen MR) is 95.7 cm³/mol. The van der Waals surface area contributed by atoms with Crippen molar-refractivity contribution in [3.8, 4) is 5.69 Å². The van der Waals surface area contributed by atoms with Crippen LogP contribution in [0.5, 0.6) is 0 Å². The Labute approximate surface area is 159 Å². The summed E-state index contributed by atoms with van der Waals surface area (Å²) in [4.78, 5) is 18.9. The Morgan fingerprint density at radius 1 is 1.14 bits per heavy atom. The summed E-state index contributed by atoms with van der Waals surface area (Å²) in [6.45, 7) is 0.479. The van der Waals surface area contributed by atoms with Crippen molar-refractivity contribution < 1.29 is 18.0 Å². The van der Waals surface area contributed by atoms with Crippen molar-refractivity contribution in [3.63, 3.8) is 0 Å². The zero-order valence-corrected chi connectivity index (χ0v) is 14.8. The van der Waals surface area contributed by atoms with E-state index >= 15 is 0 Å². The van der Waals surface area contributed by atoms with Gasteiger partial charge in [-0.2, -0.15) is 18.3 Å². The summed E-state index contributed by atoms with van der Waals surface area (Å²) >= 11 is 0. The van der Waals surface area contributed by atoms with Crippen molar-refractivity contribution in [1.82, 2.24) is 19.7 Å². The van der Waals surface area contributed by atoms with Crippen LogP contribution >= 0.6 is 0 Å². The average molecular weight is 386 g/mol. The summed E-state index contributed by atoms with van der Waals surface area (Å²) in [6.07, 6.45) is 2.12. The molecule has 0 spiro atoms. The number of hydrogen-bond acceptors (Lipinski definition) is 3. The van der Waals surface area contributed by atoms with Crippen molar-refractivity contribution in [2.75, 3.05) is 0 Å². The molecule has 0 bridgehead atoms. The fourth-order valence-corrected chi connectivity index (χ4v) is 2.98. The fourth-order valence-electron chi connectivity index (χ4n) is 2.98. The smallest absolute Gasteiger partial charge is 0.331 e. The molecule has 1 amide bonds. The highest BCUT2D eigenvalue weighted by atomic mass is 19.4. The second kappa shape index (κ2) is 7.10. The van der Waals surface area contributed by atoms with E-state index in [-0.39, 0.29) is 11.9 Å². The van der Waals surface area contributed by atoms with Gasteiger partial charge in [0.2, 0.25) is 0 Å².